The Hall–Kier alpha value is -2.12. The molecule has 25 heavy (non-hydrogen) atoms. The van der Waals surface area contributed by atoms with Crippen molar-refractivity contribution in [3.8, 4) is 0 Å². The summed E-state index contributed by atoms with van der Waals surface area (Å²) in [4.78, 5) is 12.5. The maximum absolute atomic E-state index is 12.5. The quantitative estimate of drug-likeness (QED) is 0.630. The lowest BCUT2D eigenvalue weighted by Gasteiger charge is -2.11. The van der Waals surface area contributed by atoms with Crippen molar-refractivity contribution < 1.29 is 4.79 Å². The van der Waals surface area contributed by atoms with E-state index in [2.05, 4.69) is 26.9 Å². The molecule has 2 aromatic carbocycles. The minimum absolute atomic E-state index is 0.0350. The predicted molar refractivity (Wildman–Crippen MR) is 104 cm³/mol. The van der Waals surface area contributed by atoms with E-state index < -0.39 is 0 Å². The molecule has 1 heterocycles. The van der Waals surface area contributed by atoms with Crippen LogP contribution in [0.5, 0.6) is 0 Å². The Bertz CT molecular complexity index is 907. The minimum Gasteiger partial charge on any atom is -0.357 e. The molecule has 1 amide bonds. The molecule has 0 aliphatic heterocycles. The molecule has 0 saturated heterocycles. The van der Waals surface area contributed by atoms with Gasteiger partial charge in [0.05, 0.1) is 5.25 Å². The Morgan fingerprint density at radius 3 is 2.80 bits per heavy atom. The van der Waals surface area contributed by atoms with E-state index >= 15 is 0 Å². The zero-order chi connectivity index (χ0) is 17.2. The Morgan fingerprint density at radius 2 is 2.00 bits per heavy atom. The monoisotopic (exact) mass is 370 g/mol. The predicted octanol–water partition coefficient (Wildman–Crippen LogP) is 4.38. The number of thioether (sulfide) groups is 1. The number of rotatable bonds is 6. The standard InChI is InChI=1S/C18H18N4OS2/c1-11(24-18-22-21-17(25-18)20-14-8-9-14)16(23)19-15-7-6-12-4-2-3-5-13(12)10-15/h2-7,10-11,14H,8-9H2,1H3,(H,19,23)(H,20,21). The van der Waals surface area contributed by atoms with E-state index in [1.807, 2.05) is 43.3 Å². The lowest BCUT2D eigenvalue weighted by atomic mass is 10.1. The average Bonchev–Trinajstić information content (AvgIpc) is 3.32. The molecule has 5 nitrogen and oxygen atoms in total. The summed E-state index contributed by atoms with van der Waals surface area (Å²) in [6, 6.07) is 14.6. The molecule has 2 N–H and O–H groups in total. The minimum atomic E-state index is -0.242. The first-order valence-electron chi connectivity index (χ1n) is 8.24. The Kier molecular flexibility index (Phi) is 4.59. The SMILES string of the molecule is CC(Sc1nnc(NC2CC2)s1)C(=O)Nc1ccc2ccccc2c1. The molecule has 0 radical (unpaired) electrons. The summed E-state index contributed by atoms with van der Waals surface area (Å²) in [5.74, 6) is -0.0350. The zero-order valence-electron chi connectivity index (χ0n) is 13.7. The van der Waals surface area contributed by atoms with E-state index in [4.69, 9.17) is 0 Å². The van der Waals surface area contributed by atoms with Crippen LogP contribution in [0.2, 0.25) is 0 Å². The number of carbonyl (C=O) groups excluding carboxylic acids is 1. The fraction of sp³-hybridized carbons (Fsp3) is 0.278. The van der Waals surface area contributed by atoms with E-state index in [0.717, 1.165) is 25.9 Å². The maximum atomic E-state index is 12.5. The van der Waals surface area contributed by atoms with Gasteiger partial charge in [-0.15, -0.1) is 10.2 Å². The molecule has 1 aliphatic rings. The number of hydrogen-bond donors (Lipinski definition) is 2. The van der Waals surface area contributed by atoms with Gasteiger partial charge in [0, 0.05) is 11.7 Å². The summed E-state index contributed by atoms with van der Waals surface area (Å²) >= 11 is 2.94. The van der Waals surface area contributed by atoms with Gasteiger partial charge in [-0.25, -0.2) is 0 Å². The molecule has 4 rings (SSSR count). The maximum Gasteiger partial charge on any atom is 0.237 e. The van der Waals surface area contributed by atoms with Crippen molar-refractivity contribution >= 4 is 50.6 Å². The first-order valence-corrected chi connectivity index (χ1v) is 9.93. The van der Waals surface area contributed by atoms with Crippen LogP contribution in [0.15, 0.2) is 46.8 Å². The zero-order valence-corrected chi connectivity index (χ0v) is 15.4. The van der Waals surface area contributed by atoms with E-state index in [1.165, 1.54) is 35.9 Å². The van der Waals surface area contributed by atoms with Gasteiger partial charge in [-0.2, -0.15) is 0 Å². The lowest BCUT2D eigenvalue weighted by molar-refractivity contribution is -0.115. The lowest BCUT2D eigenvalue weighted by Crippen LogP contribution is -2.22. The van der Waals surface area contributed by atoms with Crippen molar-refractivity contribution in [3.63, 3.8) is 0 Å². The molecule has 128 valence electrons. The van der Waals surface area contributed by atoms with Gasteiger partial charge in [-0.1, -0.05) is 53.4 Å². The van der Waals surface area contributed by atoms with Crippen molar-refractivity contribution in [3.05, 3.63) is 42.5 Å². The molecular formula is C18H18N4OS2. The molecule has 7 heteroatoms. The van der Waals surface area contributed by atoms with Crippen LogP contribution in [-0.2, 0) is 4.79 Å². The molecule has 1 unspecified atom stereocenters. The molecular weight excluding hydrogens is 352 g/mol. The van der Waals surface area contributed by atoms with Crippen LogP contribution in [0.4, 0.5) is 10.8 Å². The molecule has 1 aromatic heterocycles. The molecule has 1 fully saturated rings. The highest BCUT2D eigenvalue weighted by atomic mass is 32.2. The number of benzene rings is 2. The first kappa shape index (κ1) is 16.4. The Balaban J connectivity index is 1.38. The summed E-state index contributed by atoms with van der Waals surface area (Å²) in [6.07, 6.45) is 2.40. The van der Waals surface area contributed by atoms with Crippen molar-refractivity contribution in [1.29, 1.82) is 0 Å². The van der Waals surface area contributed by atoms with E-state index in [0.29, 0.717) is 6.04 Å². The molecule has 0 bridgehead atoms. The van der Waals surface area contributed by atoms with Crippen LogP contribution in [0.1, 0.15) is 19.8 Å². The van der Waals surface area contributed by atoms with Crippen molar-refractivity contribution in [2.75, 3.05) is 10.6 Å². The van der Waals surface area contributed by atoms with Crippen LogP contribution >= 0.6 is 23.1 Å². The number of amides is 1. The van der Waals surface area contributed by atoms with E-state index in [1.54, 1.807) is 0 Å². The number of hydrogen-bond acceptors (Lipinski definition) is 6. The Morgan fingerprint density at radius 1 is 1.20 bits per heavy atom. The van der Waals surface area contributed by atoms with Gasteiger partial charge in [0.15, 0.2) is 4.34 Å². The molecule has 1 aliphatic carbocycles. The second-order valence-corrected chi connectivity index (χ2v) is 8.67. The number of nitrogens with one attached hydrogen (secondary N) is 2. The first-order chi connectivity index (χ1) is 12.2. The second kappa shape index (κ2) is 7.01. The number of aromatic nitrogens is 2. The third kappa shape index (κ3) is 4.11. The second-order valence-electron chi connectivity index (χ2n) is 6.10. The van der Waals surface area contributed by atoms with Crippen molar-refractivity contribution in [2.45, 2.75) is 35.4 Å². The highest BCUT2D eigenvalue weighted by molar-refractivity contribution is 8.02. The summed E-state index contributed by atoms with van der Waals surface area (Å²) in [6.45, 7) is 1.89. The van der Waals surface area contributed by atoms with Crippen molar-refractivity contribution in [2.24, 2.45) is 0 Å². The molecule has 0 spiro atoms. The summed E-state index contributed by atoms with van der Waals surface area (Å²) < 4.78 is 0.810. The van der Waals surface area contributed by atoms with Gasteiger partial charge in [0.2, 0.25) is 11.0 Å². The van der Waals surface area contributed by atoms with Gasteiger partial charge >= 0.3 is 0 Å². The van der Waals surface area contributed by atoms with Gasteiger partial charge in [0.1, 0.15) is 0 Å². The molecule has 1 atom stereocenters. The number of fused-ring (bicyclic) bond motifs is 1. The fourth-order valence-electron chi connectivity index (χ4n) is 2.43. The van der Waals surface area contributed by atoms with Crippen LogP contribution in [0.3, 0.4) is 0 Å². The van der Waals surface area contributed by atoms with Gasteiger partial charge in [-0.3, -0.25) is 4.79 Å². The normalized spacial score (nSPS) is 15.1. The van der Waals surface area contributed by atoms with Gasteiger partial charge in [0.25, 0.3) is 0 Å². The van der Waals surface area contributed by atoms with E-state index in [-0.39, 0.29) is 11.2 Å². The third-order valence-electron chi connectivity index (χ3n) is 3.98. The molecule has 1 saturated carbocycles. The summed E-state index contributed by atoms with van der Waals surface area (Å²) in [5.41, 5.74) is 0.810. The summed E-state index contributed by atoms with van der Waals surface area (Å²) in [5, 5.41) is 17.5. The highest BCUT2D eigenvalue weighted by Crippen LogP contribution is 2.32. The molecule has 3 aromatic rings. The highest BCUT2D eigenvalue weighted by Gasteiger charge is 2.23. The van der Waals surface area contributed by atoms with Gasteiger partial charge < -0.3 is 10.6 Å². The fourth-order valence-corrected chi connectivity index (χ4v) is 4.41. The number of nitrogens with zero attached hydrogens (tertiary/aromatic N) is 2. The average molecular weight is 371 g/mol. The van der Waals surface area contributed by atoms with Gasteiger partial charge in [-0.05, 0) is 42.7 Å². The Labute approximate surface area is 154 Å². The summed E-state index contributed by atoms with van der Waals surface area (Å²) in [7, 11) is 0. The van der Waals surface area contributed by atoms with Crippen LogP contribution in [-0.4, -0.2) is 27.4 Å². The number of anilines is 2. The smallest absolute Gasteiger partial charge is 0.237 e. The van der Waals surface area contributed by atoms with E-state index in [9.17, 15) is 4.79 Å². The number of carbonyl (C=O) groups is 1. The largest absolute Gasteiger partial charge is 0.357 e. The van der Waals surface area contributed by atoms with Crippen LogP contribution in [0, 0.1) is 0 Å². The van der Waals surface area contributed by atoms with Crippen molar-refractivity contribution in [1.82, 2.24) is 10.2 Å². The topological polar surface area (TPSA) is 66.9 Å². The van der Waals surface area contributed by atoms with Crippen LogP contribution in [0.25, 0.3) is 10.8 Å². The third-order valence-corrected chi connectivity index (χ3v) is 6.01. The van der Waals surface area contributed by atoms with Crippen LogP contribution < -0.4 is 10.6 Å².